The molecule has 0 amide bonds. The van der Waals surface area contributed by atoms with Crippen LogP contribution in [0.25, 0.3) is 10.9 Å². The first kappa shape index (κ1) is 10.2. The zero-order chi connectivity index (χ0) is 11.0. The number of hydrogen-bond donors (Lipinski definition) is 0. The Labute approximate surface area is 95.8 Å². The van der Waals surface area contributed by atoms with Gasteiger partial charge in [-0.05, 0) is 34.1 Å². The fourth-order valence-corrected chi connectivity index (χ4v) is 2.38. The second-order valence-electron chi connectivity index (χ2n) is 3.31. The number of aromatic nitrogens is 1. The van der Waals surface area contributed by atoms with E-state index in [-0.39, 0.29) is 5.97 Å². The molecule has 0 saturated carbocycles. The third-order valence-electron chi connectivity index (χ3n) is 2.34. The standard InChI is InChI=1S/C11H10BrNO2/c1-13-4-3-7-5-8(11(14)15-2)6-9(12)10(7)13/h3-6H,1-2H3. The van der Waals surface area contributed by atoms with Crippen LogP contribution in [-0.4, -0.2) is 17.6 Å². The van der Waals surface area contributed by atoms with Gasteiger partial charge in [0.05, 0.1) is 18.2 Å². The maximum absolute atomic E-state index is 11.4. The molecule has 1 aromatic heterocycles. The second kappa shape index (κ2) is 3.70. The van der Waals surface area contributed by atoms with E-state index in [0.717, 1.165) is 15.4 Å². The Bertz CT molecular complexity index is 531. The molecule has 2 aromatic rings. The fraction of sp³-hybridized carbons (Fsp3) is 0.182. The van der Waals surface area contributed by atoms with Gasteiger partial charge in [0, 0.05) is 23.1 Å². The molecule has 4 heteroatoms. The van der Waals surface area contributed by atoms with Crippen molar-refractivity contribution in [1.82, 2.24) is 4.57 Å². The highest BCUT2D eigenvalue weighted by atomic mass is 79.9. The summed E-state index contributed by atoms with van der Waals surface area (Å²) in [7, 11) is 3.34. The lowest BCUT2D eigenvalue weighted by atomic mass is 10.1. The largest absolute Gasteiger partial charge is 0.465 e. The predicted molar refractivity (Wildman–Crippen MR) is 62.0 cm³/mol. The number of methoxy groups -OCH3 is 1. The minimum absolute atomic E-state index is 0.318. The van der Waals surface area contributed by atoms with Crippen molar-refractivity contribution in [3.63, 3.8) is 0 Å². The molecular formula is C11H10BrNO2. The van der Waals surface area contributed by atoms with Crippen molar-refractivity contribution in [2.75, 3.05) is 7.11 Å². The van der Waals surface area contributed by atoms with E-state index in [2.05, 4.69) is 20.7 Å². The summed E-state index contributed by atoms with van der Waals surface area (Å²) < 4.78 is 7.58. The molecule has 0 unspecified atom stereocenters. The topological polar surface area (TPSA) is 31.2 Å². The molecule has 0 atom stereocenters. The number of hydrogen-bond acceptors (Lipinski definition) is 2. The van der Waals surface area contributed by atoms with Gasteiger partial charge in [-0.2, -0.15) is 0 Å². The molecule has 0 bridgehead atoms. The first-order valence-electron chi connectivity index (χ1n) is 4.46. The van der Waals surface area contributed by atoms with E-state index >= 15 is 0 Å². The molecule has 0 fully saturated rings. The molecule has 15 heavy (non-hydrogen) atoms. The Morgan fingerprint density at radius 2 is 2.20 bits per heavy atom. The van der Waals surface area contributed by atoms with Crippen molar-refractivity contribution in [2.24, 2.45) is 7.05 Å². The van der Waals surface area contributed by atoms with Crippen molar-refractivity contribution >= 4 is 32.8 Å². The maximum Gasteiger partial charge on any atom is 0.337 e. The number of carbonyl (C=O) groups is 1. The third-order valence-corrected chi connectivity index (χ3v) is 2.95. The number of aryl methyl sites for hydroxylation is 1. The SMILES string of the molecule is COC(=O)c1cc(Br)c2c(ccn2C)c1. The highest BCUT2D eigenvalue weighted by Gasteiger charge is 2.10. The van der Waals surface area contributed by atoms with Crippen molar-refractivity contribution in [3.8, 4) is 0 Å². The summed E-state index contributed by atoms with van der Waals surface area (Å²) in [6, 6.07) is 5.56. The fourth-order valence-electron chi connectivity index (χ4n) is 1.62. The molecule has 1 aromatic carbocycles. The monoisotopic (exact) mass is 267 g/mol. The summed E-state index contributed by atoms with van der Waals surface area (Å²) in [4.78, 5) is 11.4. The van der Waals surface area contributed by atoms with Crippen LogP contribution in [0.1, 0.15) is 10.4 Å². The van der Waals surface area contributed by atoms with Crippen molar-refractivity contribution in [3.05, 3.63) is 34.4 Å². The molecule has 78 valence electrons. The van der Waals surface area contributed by atoms with Gasteiger partial charge < -0.3 is 9.30 Å². The van der Waals surface area contributed by atoms with Gasteiger partial charge in [-0.1, -0.05) is 0 Å². The van der Waals surface area contributed by atoms with Gasteiger partial charge in [0.1, 0.15) is 0 Å². The van der Waals surface area contributed by atoms with Crippen LogP contribution in [0, 0.1) is 0 Å². The van der Waals surface area contributed by atoms with E-state index in [1.807, 2.05) is 29.9 Å². The van der Waals surface area contributed by atoms with E-state index in [1.54, 1.807) is 6.07 Å². The van der Waals surface area contributed by atoms with E-state index in [9.17, 15) is 4.79 Å². The molecule has 0 N–H and O–H groups in total. The number of esters is 1. The first-order valence-corrected chi connectivity index (χ1v) is 5.25. The van der Waals surface area contributed by atoms with Crippen LogP contribution in [0.5, 0.6) is 0 Å². The molecule has 0 aliphatic rings. The highest BCUT2D eigenvalue weighted by Crippen LogP contribution is 2.26. The molecule has 0 spiro atoms. The smallest absolute Gasteiger partial charge is 0.337 e. The Morgan fingerprint density at radius 3 is 2.87 bits per heavy atom. The molecular weight excluding hydrogens is 258 g/mol. The average molecular weight is 268 g/mol. The predicted octanol–water partition coefficient (Wildman–Crippen LogP) is 2.73. The molecule has 0 aliphatic heterocycles. The zero-order valence-electron chi connectivity index (χ0n) is 8.45. The quantitative estimate of drug-likeness (QED) is 0.744. The molecule has 1 heterocycles. The lowest BCUT2D eigenvalue weighted by Gasteiger charge is -2.03. The number of ether oxygens (including phenoxy) is 1. The van der Waals surface area contributed by atoms with Gasteiger partial charge in [-0.3, -0.25) is 0 Å². The molecule has 0 aliphatic carbocycles. The van der Waals surface area contributed by atoms with E-state index in [4.69, 9.17) is 0 Å². The Morgan fingerprint density at radius 1 is 1.47 bits per heavy atom. The van der Waals surface area contributed by atoms with E-state index < -0.39 is 0 Å². The van der Waals surface area contributed by atoms with Crippen molar-refractivity contribution < 1.29 is 9.53 Å². The van der Waals surface area contributed by atoms with Crippen LogP contribution < -0.4 is 0 Å². The second-order valence-corrected chi connectivity index (χ2v) is 4.17. The summed E-state index contributed by atoms with van der Waals surface area (Å²) in [6.07, 6.45) is 1.95. The van der Waals surface area contributed by atoms with Crippen molar-refractivity contribution in [2.45, 2.75) is 0 Å². The molecule has 2 rings (SSSR count). The molecule has 0 radical (unpaired) electrons. The highest BCUT2D eigenvalue weighted by molar-refractivity contribution is 9.10. The Balaban J connectivity index is 2.68. The van der Waals surface area contributed by atoms with Crippen LogP contribution in [0.15, 0.2) is 28.9 Å². The lowest BCUT2D eigenvalue weighted by Crippen LogP contribution is -2.01. The number of fused-ring (bicyclic) bond motifs is 1. The third kappa shape index (κ3) is 1.65. The van der Waals surface area contributed by atoms with Crippen LogP contribution >= 0.6 is 15.9 Å². The van der Waals surface area contributed by atoms with Gasteiger partial charge in [0.25, 0.3) is 0 Å². The van der Waals surface area contributed by atoms with Crippen LogP contribution in [-0.2, 0) is 11.8 Å². The van der Waals surface area contributed by atoms with Gasteiger partial charge >= 0.3 is 5.97 Å². The average Bonchev–Trinajstić information content (AvgIpc) is 2.59. The van der Waals surface area contributed by atoms with E-state index in [1.165, 1.54) is 7.11 Å². The maximum atomic E-state index is 11.4. The molecule has 0 saturated heterocycles. The normalized spacial score (nSPS) is 10.6. The van der Waals surface area contributed by atoms with Crippen LogP contribution in [0.4, 0.5) is 0 Å². The van der Waals surface area contributed by atoms with Gasteiger partial charge in [-0.25, -0.2) is 4.79 Å². The van der Waals surface area contributed by atoms with E-state index in [0.29, 0.717) is 5.56 Å². The Kier molecular flexibility index (Phi) is 2.52. The summed E-state index contributed by atoms with van der Waals surface area (Å²) in [5, 5.41) is 1.02. The van der Waals surface area contributed by atoms with Gasteiger partial charge in [0.2, 0.25) is 0 Å². The van der Waals surface area contributed by atoms with Gasteiger partial charge in [-0.15, -0.1) is 0 Å². The first-order chi connectivity index (χ1) is 7.13. The number of nitrogens with zero attached hydrogens (tertiary/aromatic N) is 1. The van der Waals surface area contributed by atoms with Crippen LogP contribution in [0.2, 0.25) is 0 Å². The minimum Gasteiger partial charge on any atom is -0.465 e. The van der Waals surface area contributed by atoms with Crippen molar-refractivity contribution in [1.29, 1.82) is 0 Å². The minimum atomic E-state index is -0.318. The Hall–Kier alpha value is -1.29. The number of carbonyl (C=O) groups excluding carboxylic acids is 1. The summed E-state index contributed by atoms with van der Waals surface area (Å²) in [5.41, 5.74) is 1.63. The lowest BCUT2D eigenvalue weighted by molar-refractivity contribution is 0.0601. The number of rotatable bonds is 1. The zero-order valence-corrected chi connectivity index (χ0v) is 10.0. The summed E-state index contributed by atoms with van der Waals surface area (Å²) in [5.74, 6) is -0.318. The molecule has 3 nitrogen and oxygen atoms in total. The van der Waals surface area contributed by atoms with Crippen LogP contribution in [0.3, 0.4) is 0 Å². The number of halogens is 1. The van der Waals surface area contributed by atoms with Gasteiger partial charge in [0.15, 0.2) is 0 Å². The summed E-state index contributed by atoms with van der Waals surface area (Å²) >= 11 is 3.45. The summed E-state index contributed by atoms with van der Waals surface area (Å²) in [6.45, 7) is 0. The number of benzene rings is 1.